The quantitative estimate of drug-likeness (QED) is 0.0164. The van der Waals surface area contributed by atoms with Gasteiger partial charge in [0.1, 0.15) is 60.4 Å². The summed E-state index contributed by atoms with van der Waals surface area (Å²) in [4.78, 5) is 201. The number of carbonyl (C=O) groups excluding carboxylic acids is 14. The van der Waals surface area contributed by atoms with E-state index in [4.69, 9.17) is 34.4 Å². The number of benzene rings is 1. The van der Waals surface area contributed by atoms with Gasteiger partial charge in [-0.15, -0.1) is 0 Å². The second-order valence-electron chi connectivity index (χ2n) is 22.4. The Kier molecular flexibility index (Phi) is 35.0. The molecule has 0 bridgehead atoms. The molecule has 1 rings (SSSR count). The number of aliphatic hydroxyl groups is 2. The molecule has 0 saturated carbocycles. The van der Waals surface area contributed by atoms with Crippen molar-refractivity contribution in [3.8, 4) is 0 Å². The Hall–Kier alpha value is -9.58. The highest BCUT2D eigenvalue weighted by Crippen LogP contribution is 2.11. The SMILES string of the molecule is CC(C)C[C@H](NC(=O)[C@H](CC(N)=O)NC(=O)[C@H](CC(N)=O)NC(=O)[C@H](Cc1ccccc1)NC(=O)CNC(=O)[C@H](CCCN=C(N)N)NC(=O)[C@H](C)NC(=O)[C@H](CC(N)=O)NC(=O)[C@H](CO)NC(=O)[C@@H](NC(=O)[C@@H](N)CC(C)C)C(C)C)C(=O)N[C@@H](CO)C(=O)O. The summed E-state index contributed by atoms with van der Waals surface area (Å²) in [5.41, 5.74) is 33.5. The molecule has 0 aliphatic rings. The average Bonchev–Trinajstić information content (AvgIpc) is 2.70. The van der Waals surface area contributed by atoms with Crippen molar-refractivity contribution in [1.82, 2.24) is 58.5 Å². The number of amides is 14. The summed E-state index contributed by atoms with van der Waals surface area (Å²) in [6.07, 6.45) is -3.01. The predicted molar refractivity (Wildman–Crippen MR) is 323 cm³/mol. The van der Waals surface area contributed by atoms with E-state index in [1.165, 1.54) is 0 Å². The lowest BCUT2D eigenvalue weighted by Crippen LogP contribution is -2.61. The molecule has 0 unspecified atom stereocenters. The highest BCUT2D eigenvalue weighted by Gasteiger charge is 2.37. The zero-order valence-corrected chi connectivity index (χ0v) is 51.8. The zero-order valence-electron chi connectivity index (χ0n) is 51.8. The Balaban J connectivity index is 3.41. The number of nitrogens with one attached hydrogen (secondary N) is 11. The maximum Gasteiger partial charge on any atom is 0.328 e. The summed E-state index contributed by atoms with van der Waals surface area (Å²) in [7, 11) is 0. The van der Waals surface area contributed by atoms with Crippen LogP contribution in [0.4, 0.5) is 0 Å². The van der Waals surface area contributed by atoms with Crippen molar-refractivity contribution in [1.29, 1.82) is 0 Å². The van der Waals surface area contributed by atoms with E-state index in [1.807, 2.05) is 13.8 Å². The number of rotatable bonds is 42. The van der Waals surface area contributed by atoms with Crippen molar-refractivity contribution in [2.45, 2.75) is 166 Å². The second-order valence-corrected chi connectivity index (χ2v) is 22.4. The number of carboxylic acid groups (broad SMARTS) is 1. The third-order valence-electron chi connectivity index (χ3n) is 13.1. The highest BCUT2D eigenvalue weighted by atomic mass is 16.4. The van der Waals surface area contributed by atoms with E-state index >= 15 is 0 Å². The molecule has 36 nitrogen and oxygen atoms in total. The third-order valence-corrected chi connectivity index (χ3v) is 13.1. The number of nitrogens with two attached hydrogens (primary N) is 6. The first-order valence-corrected chi connectivity index (χ1v) is 28.9. The summed E-state index contributed by atoms with van der Waals surface area (Å²) in [6.45, 7) is 8.33. The minimum atomic E-state index is -1.93. The number of guanidine groups is 1. The standard InChI is InChI=1S/C55H90N18O18/c1-25(2)16-30(56)45(81)73-43(27(5)6)53(89)71-37(23-74)52(88)70-34(19-39(57)76)47(83)64-28(7)44(80)66-31(14-11-15-62-55(60)61)46(82)63-22-42(79)65-33(18-29-12-9-8-10-13-29)49(85)68-36(21-41(59)78)51(87)69-35(20-40(58)77)50(86)67-32(17-26(3)4)48(84)72-38(24-75)54(90)91/h8-10,12-13,25-28,30-38,43,74-75H,11,14-24,56H2,1-7H3,(H2,57,76)(H2,58,77)(H2,59,78)(H,63,82)(H,64,83)(H,65,79)(H,66,80)(H,67,86)(H,68,85)(H,69,87)(H,70,88)(H,71,89)(H,72,84)(H,73,81)(H,90,91)(H4,60,61,62)/t28-,30-,31-,32-,33-,34-,35-,36-,37-,38-,43-/m0/s1. The molecule has 1 aromatic rings. The number of aliphatic carboxylic acids is 1. The summed E-state index contributed by atoms with van der Waals surface area (Å²) < 4.78 is 0. The third kappa shape index (κ3) is 30.9. The lowest BCUT2D eigenvalue weighted by atomic mass is 10.00. The maximum atomic E-state index is 14.1. The number of hydrogen-bond acceptors (Lipinski definition) is 19. The normalized spacial score (nSPS) is 14.6. The van der Waals surface area contributed by atoms with Gasteiger partial charge in [0.2, 0.25) is 82.7 Å². The summed E-state index contributed by atoms with van der Waals surface area (Å²) in [5.74, 6) is -17.8. The second kappa shape index (κ2) is 40.1. The van der Waals surface area contributed by atoms with Gasteiger partial charge in [-0.05, 0) is 55.9 Å². The number of aliphatic hydroxyl groups excluding tert-OH is 2. The van der Waals surface area contributed by atoms with Gasteiger partial charge < -0.3 is 108 Å². The minimum Gasteiger partial charge on any atom is -0.480 e. The molecule has 0 heterocycles. The Bertz CT molecular complexity index is 2750. The summed E-state index contributed by atoms with van der Waals surface area (Å²) in [6, 6.07) is -9.56. The number of carboxylic acids is 1. The first-order chi connectivity index (χ1) is 42.5. The number of hydrogen-bond donors (Lipinski definition) is 20. The molecule has 0 aliphatic carbocycles. The van der Waals surface area contributed by atoms with Crippen LogP contribution in [-0.4, -0.2) is 203 Å². The zero-order chi connectivity index (χ0) is 69.4. The smallest absolute Gasteiger partial charge is 0.328 e. The van der Waals surface area contributed by atoms with Crippen molar-refractivity contribution in [3.63, 3.8) is 0 Å². The van der Waals surface area contributed by atoms with Crippen LogP contribution in [0.2, 0.25) is 0 Å². The molecule has 0 radical (unpaired) electrons. The van der Waals surface area contributed by atoms with Gasteiger partial charge in [0.05, 0.1) is 45.1 Å². The van der Waals surface area contributed by atoms with Crippen molar-refractivity contribution in [2.75, 3.05) is 26.3 Å². The van der Waals surface area contributed by atoms with Gasteiger partial charge in [-0.3, -0.25) is 72.1 Å². The Labute approximate surface area is 524 Å². The summed E-state index contributed by atoms with van der Waals surface area (Å²) >= 11 is 0. The molecule has 91 heavy (non-hydrogen) atoms. The van der Waals surface area contributed by atoms with Crippen LogP contribution < -0.4 is 92.9 Å². The average molecular weight is 1290 g/mol. The number of aliphatic imine (C=N–C) groups is 1. The molecule has 11 atom stereocenters. The topological polar surface area (TPSA) is 618 Å². The van der Waals surface area contributed by atoms with E-state index in [0.29, 0.717) is 12.0 Å². The van der Waals surface area contributed by atoms with Crippen LogP contribution in [0.25, 0.3) is 0 Å². The molecule has 0 aliphatic heterocycles. The molecule has 1 aromatic carbocycles. The summed E-state index contributed by atoms with van der Waals surface area (Å²) in [5, 5.41) is 54.2. The van der Waals surface area contributed by atoms with Crippen molar-refractivity contribution < 1.29 is 87.2 Å². The van der Waals surface area contributed by atoms with Gasteiger partial charge in [0, 0.05) is 13.0 Å². The van der Waals surface area contributed by atoms with E-state index in [0.717, 1.165) is 6.92 Å². The van der Waals surface area contributed by atoms with Crippen LogP contribution in [0.1, 0.15) is 99.0 Å². The first kappa shape index (κ1) is 79.4. The van der Waals surface area contributed by atoms with E-state index in [2.05, 4.69) is 63.5 Å². The molecule has 0 fully saturated rings. The van der Waals surface area contributed by atoms with Crippen molar-refractivity contribution in [3.05, 3.63) is 35.9 Å². The van der Waals surface area contributed by atoms with Gasteiger partial charge in [-0.25, -0.2) is 4.79 Å². The minimum absolute atomic E-state index is 0.0258. The molecule has 0 spiro atoms. The van der Waals surface area contributed by atoms with Crippen LogP contribution in [0.15, 0.2) is 35.3 Å². The van der Waals surface area contributed by atoms with Crippen LogP contribution >= 0.6 is 0 Å². The van der Waals surface area contributed by atoms with E-state index in [1.54, 1.807) is 58.0 Å². The molecule has 0 aromatic heterocycles. The fraction of sp³-hybridized carbons (Fsp3) is 0.600. The Morgan fingerprint density at radius 2 is 0.890 bits per heavy atom. The fourth-order valence-corrected chi connectivity index (χ4v) is 8.39. The van der Waals surface area contributed by atoms with Crippen LogP contribution in [0.5, 0.6) is 0 Å². The van der Waals surface area contributed by atoms with Gasteiger partial charge in [0.15, 0.2) is 5.96 Å². The van der Waals surface area contributed by atoms with E-state index in [-0.39, 0.29) is 50.0 Å². The monoisotopic (exact) mass is 1290 g/mol. The molecule has 0 saturated heterocycles. The number of nitrogens with zero attached hydrogens (tertiary/aromatic N) is 1. The number of carbonyl (C=O) groups is 15. The molecule has 14 amide bonds. The lowest BCUT2D eigenvalue weighted by molar-refractivity contribution is -0.143. The molecule has 508 valence electrons. The molecule has 36 heteroatoms. The van der Waals surface area contributed by atoms with Crippen LogP contribution in [0.3, 0.4) is 0 Å². The molecular formula is C55H90N18O18. The largest absolute Gasteiger partial charge is 0.480 e. The van der Waals surface area contributed by atoms with Gasteiger partial charge >= 0.3 is 5.97 Å². The Morgan fingerprint density at radius 3 is 1.34 bits per heavy atom. The number of primary amides is 3. The maximum absolute atomic E-state index is 14.1. The van der Waals surface area contributed by atoms with E-state index < -0.39 is 200 Å². The lowest BCUT2D eigenvalue weighted by Gasteiger charge is -2.27. The highest BCUT2D eigenvalue weighted by molar-refractivity contribution is 6.01. The van der Waals surface area contributed by atoms with Gasteiger partial charge in [0.25, 0.3) is 0 Å². The molecular weight excluding hydrogens is 1200 g/mol. The Morgan fingerprint density at radius 1 is 0.462 bits per heavy atom. The van der Waals surface area contributed by atoms with Gasteiger partial charge in [-0.1, -0.05) is 71.9 Å². The van der Waals surface area contributed by atoms with Crippen LogP contribution in [0, 0.1) is 17.8 Å². The fourth-order valence-electron chi connectivity index (χ4n) is 8.39. The van der Waals surface area contributed by atoms with Crippen LogP contribution in [-0.2, 0) is 78.3 Å². The van der Waals surface area contributed by atoms with Crippen molar-refractivity contribution >= 4 is 94.6 Å². The molecule has 26 N–H and O–H groups in total. The predicted octanol–water partition coefficient (Wildman–Crippen LogP) is -8.96. The van der Waals surface area contributed by atoms with Crippen molar-refractivity contribution in [2.24, 2.45) is 57.1 Å². The first-order valence-electron chi connectivity index (χ1n) is 28.9. The van der Waals surface area contributed by atoms with E-state index in [9.17, 15) is 87.2 Å². The van der Waals surface area contributed by atoms with Gasteiger partial charge in [-0.2, -0.15) is 0 Å².